The SMILES string of the molecule is C=C1[C@@H]2[C@@H](OC(C)=O)[C@H](OC(C)=O)[C@@]3(C)[C@H](c4ccoc4)OC(=O)C[C@]13O[C@@]1(C)OC(C)(C)[C@H]([C@H](OC(C)=O)C(=O)OC)[C@@]21C. The number of rotatable bonds is 6. The Morgan fingerprint density at radius 3 is 2.13 bits per heavy atom. The van der Waals surface area contributed by atoms with E-state index in [2.05, 4.69) is 6.58 Å². The number of hydrogen-bond donors (Lipinski definition) is 0. The van der Waals surface area contributed by atoms with Gasteiger partial charge >= 0.3 is 29.8 Å². The van der Waals surface area contributed by atoms with Crippen LogP contribution in [0.5, 0.6) is 0 Å². The standard InChI is InChI=1S/C32H40O13/c1-15-21-22(40-16(2)33)26(42-18(4)35)30(8)25(19-11-12-39-14-19)43-20(36)13-32(15,30)45-31(9)29(21,7)24(28(5,6)44-31)23(27(37)38-10)41-17(3)34/h11-12,14,21-26H,1,13H2,2-10H3/t21-,22-,23+,24+,25+,26+,29-,30-,31-,32+/m1/s1. The first-order valence-electron chi connectivity index (χ1n) is 14.7. The predicted octanol–water partition coefficient (Wildman–Crippen LogP) is 3.34. The molecule has 4 aliphatic rings. The van der Waals surface area contributed by atoms with E-state index in [-0.39, 0.29) is 6.42 Å². The average Bonchev–Trinajstić information content (AvgIpc) is 3.49. The molecule has 1 aromatic heterocycles. The molecule has 5 rings (SSSR count). The van der Waals surface area contributed by atoms with Crippen molar-refractivity contribution in [3.05, 3.63) is 36.3 Å². The van der Waals surface area contributed by atoms with Crippen LogP contribution in [-0.2, 0) is 57.1 Å². The average molecular weight is 633 g/mol. The van der Waals surface area contributed by atoms with E-state index in [1.807, 2.05) is 0 Å². The van der Waals surface area contributed by atoms with Crippen LogP contribution in [0, 0.1) is 22.7 Å². The first-order valence-corrected chi connectivity index (χ1v) is 14.7. The molecule has 1 spiro atoms. The Bertz CT molecular complexity index is 1450. The summed E-state index contributed by atoms with van der Waals surface area (Å²) in [7, 11) is 1.17. The summed E-state index contributed by atoms with van der Waals surface area (Å²) in [6.45, 7) is 16.7. The Hall–Kier alpha value is -3.71. The highest BCUT2D eigenvalue weighted by Gasteiger charge is 2.84. The molecule has 13 nitrogen and oxygen atoms in total. The number of ether oxygens (including phenoxy) is 7. The topological polar surface area (TPSA) is 163 Å². The summed E-state index contributed by atoms with van der Waals surface area (Å²) in [4.78, 5) is 64.8. The van der Waals surface area contributed by atoms with Crippen molar-refractivity contribution in [2.24, 2.45) is 22.7 Å². The van der Waals surface area contributed by atoms with Crippen molar-refractivity contribution >= 4 is 29.8 Å². The normalized spacial score (nSPS) is 40.2. The van der Waals surface area contributed by atoms with Gasteiger partial charge in [-0.05, 0) is 39.3 Å². The molecule has 1 aromatic rings. The molecule has 0 amide bonds. The fraction of sp³-hybridized carbons (Fsp3) is 0.656. The largest absolute Gasteiger partial charge is 0.472 e. The van der Waals surface area contributed by atoms with Crippen molar-refractivity contribution < 1.29 is 61.5 Å². The lowest BCUT2D eigenvalue weighted by atomic mass is 9.43. The number of methoxy groups -OCH3 is 1. The van der Waals surface area contributed by atoms with E-state index >= 15 is 0 Å². The molecule has 45 heavy (non-hydrogen) atoms. The molecule has 10 atom stereocenters. The van der Waals surface area contributed by atoms with Gasteiger partial charge in [-0.2, -0.15) is 0 Å². The molecule has 0 aromatic carbocycles. The highest BCUT2D eigenvalue weighted by atomic mass is 16.7. The predicted molar refractivity (Wildman–Crippen MR) is 151 cm³/mol. The molecule has 0 N–H and O–H groups in total. The molecule has 2 bridgehead atoms. The fourth-order valence-electron chi connectivity index (χ4n) is 8.99. The fourth-order valence-corrected chi connectivity index (χ4v) is 8.99. The molecule has 0 unspecified atom stereocenters. The van der Waals surface area contributed by atoms with Gasteiger partial charge in [-0.25, -0.2) is 4.79 Å². The lowest BCUT2D eigenvalue weighted by Crippen LogP contribution is -2.80. The summed E-state index contributed by atoms with van der Waals surface area (Å²) >= 11 is 0. The van der Waals surface area contributed by atoms with Crippen molar-refractivity contribution in [1.82, 2.24) is 0 Å². The molecule has 0 radical (unpaired) electrons. The number of carbonyl (C=O) groups is 5. The number of cyclic esters (lactones) is 1. The van der Waals surface area contributed by atoms with Crippen LogP contribution in [0.15, 0.2) is 35.2 Å². The summed E-state index contributed by atoms with van der Waals surface area (Å²) < 4.78 is 47.9. The molecular weight excluding hydrogens is 592 g/mol. The Labute approximate surface area is 260 Å². The van der Waals surface area contributed by atoms with Crippen LogP contribution in [0.4, 0.5) is 0 Å². The highest BCUT2D eigenvalue weighted by Crippen LogP contribution is 2.75. The van der Waals surface area contributed by atoms with Crippen molar-refractivity contribution in [3.63, 3.8) is 0 Å². The van der Waals surface area contributed by atoms with E-state index < -0.39 is 93.9 Å². The Morgan fingerprint density at radius 2 is 1.60 bits per heavy atom. The van der Waals surface area contributed by atoms with E-state index in [4.69, 9.17) is 37.6 Å². The van der Waals surface area contributed by atoms with E-state index in [0.29, 0.717) is 11.1 Å². The zero-order chi connectivity index (χ0) is 33.5. The van der Waals surface area contributed by atoms with Crippen molar-refractivity contribution in [2.45, 2.75) is 103 Å². The maximum atomic E-state index is 13.5. The van der Waals surface area contributed by atoms with Gasteiger partial charge in [0.2, 0.25) is 6.10 Å². The molecule has 246 valence electrons. The second-order valence-electron chi connectivity index (χ2n) is 13.4. The zero-order valence-corrected chi connectivity index (χ0v) is 26.9. The zero-order valence-electron chi connectivity index (χ0n) is 26.9. The lowest BCUT2D eigenvalue weighted by Gasteiger charge is -2.70. The van der Waals surface area contributed by atoms with Gasteiger partial charge in [-0.15, -0.1) is 0 Å². The van der Waals surface area contributed by atoms with Crippen LogP contribution in [0.25, 0.3) is 0 Å². The number of furan rings is 1. The Balaban J connectivity index is 1.85. The molecule has 4 fully saturated rings. The van der Waals surface area contributed by atoms with Gasteiger partial charge in [0, 0.05) is 43.6 Å². The number of hydrogen-bond acceptors (Lipinski definition) is 13. The molecule has 1 saturated carbocycles. The lowest BCUT2D eigenvalue weighted by molar-refractivity contribution is -0.400. The highest BCUT2D eigenvalue weighted by molar-refractivity contribution is 5.80. The van der Waals surface area contributed by atoms with Crippen LogP contribution in [0.3, 0.4) is 0 Å². The van der Waals surface area contributed by atoms with E-state index in [1.54, 1.807) is 40.7 Å². The molecule has 13 heteroatoms. The minimum Gasteiger partial charge on any atom is -0.472 e. The minimum absolute atomic E-state index is 0.336. The Kier molecular flexibility index (Phi) is 7.56. The summed E-state index contributed by atoms with van der Waals surface area (Å²) in [5.74, 6) is -7.21. The third kappa shape index (κ3) is 4.37. The number of esters is 5. The number of fused-ring (bicyclic) bond motifs is 3. The molecule has 1 aliphatic carbocycles. The van der Waals surface area contributed by atoms with Gasteiger partial charge in [-0.3, -0.25) is 19.2 Å². The van der Waals surface area contributed by atoms with E-state index in [0.717, 1.165) is 0 Å². The van der Waals surface area contributed by atoms with Crippen molar-refractivity contribution in [2.75, 3.05) is 7.11 Å². The van der Waals surface area contributed by atoms with Crippen LogP contribution in [0.1, 0.15) is 73.5 Å². The van der Waals surface area contributed by atoms with Crippen LogP contribution >= 0.6 is 0 Å². The van der Waals surface area contributed by atoms with Gasteiger partial charge in [0.25, 0.3) is 0 Å². The van der Waals surface area contributed by atoms with Gasteiger partial charge in [-0.1, -0.05) is 13.5 Å². The maximum absolute atomic E-state index is 13.5. The van der Waals surface area contributed by atoms with Crippen LogP contribution in [0.2, 0.25) is 0 Å². The third-order valence-corrected chi connectivity index (χ3v) is 10.5. The summed E-state index contributed by atoms with van der Waals surface area (Å²) in [5.41, 5.74) is -4.94. The van der Waals surface area contributed by atoms with E-state index in [1.165, 1.54) is 40.4 Å². The first kappa shape index (κ1) is 32.7. The van der Waals surface area contributed by atoms with Gasteiger partial charge in [0.05, 0.1) is 37.1 Å². The van der Waals surface area contributed by atoms with Gasteiger partial charge in [0.1, 0.15) is 17.8 Å². The molecule has 4 heterocycles. The second-order valence-corrected chi connectivity index (χ2v) is 13.4. The van der Waals surface area contributed by atoms with E-state index in [9.17, 15) is 24.0 Å². The second kappa shape index (κ2) is 10.4. The number of carbonyl (C=O) groups excluding carboxylic acids is 5. The monoisotopic (exact) mass is 632 g/mol. The minimum atomic E-state index is -1.64. The van der Waals surface area contributed by atoms with Gasteiger partial charge < -0.3 is 37.6 Å². The summed E-state index contributed by atoms with van der Waals surface area (Å²) in [5, 5.41) is 0. The maximum Gasteiger partial charge on any atom is 0.347 e. The molecule has 3 aliphatic heterocycles. The summed E-state index contributed by atoms with van der Waals surface area (Å²) in [6.07, 6.45) is -2.67. The smallest absolute Gasteiger partial charge is 0.347 e. The quantitative estimate of drug-likeness (QED) is 0.255. The Morgan fingerprint density at radius 1 is 0.956 bits per heavy atom. The summed E-state index contributed by atoms with van der Waals surface area (Å²) in [6, 6.07) is 1.61. The molecular formula is C32H40O13. The molecule has 3 saturated heterocycles. The van der Waals surface area contributed by atoms with Gasteiger partial charge in [0.15, 0.2) is 11.9 Å². The third-order valence-electron chi connectivity index (χ3n) is 10.5. The first-order chi connectivity index (χ1) is 20.8. The van der Waals surface area contributed by atoms with Crippen molar-refractivity contribution in [3.8, 4) is 0 Å². The van der Waals surface area contributed by atoms with Crippen LogP contribution < -0.4 is 0 Å². The van der Waals surface area contributed by atoms with Crippen LogP contribution in [-0.4, -0.2) is 72.3 Å². The van der Waals surface area contributed by atoms with Crippen molar-refractivity contribution in [1.29, 1.82) is 0 Å².